The molecule has 8 nitrogen and oxygen atoms in total. The minimum atomic E-state index is -0.164. The molecule has 2 amide bonds. The largest absolute Gasteiger partial charge is 0.348 e. The summed E-state index contributed by atoms with van der Waals surface area (Å²) in [7, 11) is 0. The molecule has 0 radical (unpaired) electrons. The summed E-state index contributed by atoms with van der Waals surface area (Å²) in [6, 6.07) is 15.1. The number of benzene rings is 1. The molecule has 0 atom stereocenters. The number of nitrogens with one attached hydrogen (secondary N) is 2. The molecule has 178 valence electrons. The molecule has 8 heteroatoms. The van der Waals surface area contributed by atoms with Crippen LogP contribution in [0, 0.1) is 6.92 Å². The lowest BCUT2D eigenvalue weighted by Gasteiger charge is -2.10. The maximum atomic E-state index is 13.4. The Balaban J connectivity index is 1.40. The van der Waals surface area contributed by atoms with Crippen molar-refractivity contribution >= 4 is 28.5 Å². The summed E-state index contributed by atoms with van der Waals surface area (Å²) in [6.07, 6.45) is 5.18. The number of rotatable bonds is 8. The van der Waals surface area contributed by atoms with E-state index in [0.29, 0.717) is 35.9 Å². The highest BCUT2D eigenvalue weighted by molar-refractivity contribution is 6.06. The second-order valence-electron chi connectivity index (χ2n) is 8.93. The minimum absolute atomic E-state index is 0.00310. The molecule has 1 aromatic carbocycles. The monoisotopic (exact) mass is 468 g/mol. The molecule has 0 unspecified atom stereocenters. The Morgan fingerprint density at radius 3 is 2.60 bits per heavy atom. The van der Waals surface area contributed by atoms with Crippen molar-refractivity contribution in [1.82, 2.24) is 25.1 Å². The first-order chi connectivity index (χ1) is 17.0. The van der Waals surface area contributed by atoms with Gasteiger partial charge in [-0.15, -0.1) is 0 Å². The van der Waals surface area contributed by atoms with Gasteiger partial charge in [0.25, 0.3) is 5.91 Å². The van der Waals surface area contributed by atoms with E-state index in [2.05, 4.69) is 20.7 Å². The van der Waals surface area contributed by atoms with E-state index < -0.39 is 0 Å². The van der Waals surface area contributed by atoms with Gasteiger partial charge in [-0.3, -0.25) is 9.59 Å². The average molecular weight is 469 g/mol. The van der Waals surface area contributed by atoms with Crippen LogP contribution >= 0.6 is 0 Å². The second-order valence-corrected chi connectivity index (χ2v) is 8.93. The third-order valence-electron chi connectivity index (χ3n) is 6.11. The van der Waals surface area contributed by atoms with E-state index in [-0.39, 0.29) is 11.8 Å². The first kappa shape index (κ1) is 22.7. The van der Waals surface area contributed by atoms with Crippen molar-refractivity contribution in [3.8, 4) is 5.82 Å². The van der Waals surface area contributed by atoms with Gasteiger partial charge in [-0.1, -0.05) is 25.1 Å². The van der Waals surface area contributed by atoms with Crippen LogP contribution in [0.4, 0.5) is 5.69 Å². The number of nitrogens with zero attached hydrogens (tertiary/aromatic N) is 4. The van der Waals surface area contributed by atoms with E-state index in [1.54, 1.807) is 10.9 Å². The zero-order valence-corrected chi connectivity index (χ0v) is 19.9. The van der Waals surface area contributed by atoms with Crippen molar-refractivity contribution < 1.29 is 9.59 Å². The fourth-order valence-electron chi connectivity index (χ4n) is 4.15. The Hall–Kier alpha value is -4.07. The average Bonchev–Trinajstić information content (AvgIpc) is 3.67. The fraction of sp³-hybridized carbons (Fsp3) is 0.296. The molecule has 35 heavy (non-hydrogen) atoms. The number of carbonyl (C=O) groups excluding carboxylic acids is 2. The first-order valence-corrected chi connectivity index (χ1v) is 12.0. The van der Waals surface area contributed by atoms with Crippen molar-refractivity contribution in [2.45, 2.75) is 52.0 Å². The van der Waals surface area contributed by atoms with Crippen molar-refractivity contribution in [1.29, 1.82) is 0 Å². The Kier molecular flexibility index (Phi) is 6.27. The van der Waals surface area contributed by atoms with Gasteiger partial charge in [0.15, 0.2) is 11.5 Å². The molecule has 2 N–H and O–H groups in total. The van der Waals surface area contributed by atoms with Gasteiger partial charge in [-0.05, 0) is 62.1 Å². The molecule has 3 aromatic heterocycles. The van der Waals surface area contributed by atoms with Gasteiger partial charge in [0.05, 0.1) is 16.6 Å². The summed E-state index contributed by atoms with van der Waals surface area (Å²) in [6.45, 7) is 4.24. The van der Waals surface area contributed by atoms with Gasteiger partial charge in [-0.25, -0.2) is 9.97 Å². The van der Waals surface area contributed by atoms with Crippen LogP contribution in [-0.2, 0) is 11.3 Å². The molecule has 0 aliphatic heterocycles. The maximum Gasteiger partial charge on any atom is 0.252 e. The molecule has 3 heterocycles. The molecule has 4 aromatic rings. The summed E-state index contributed by atoms with van der Waals surface area (Å²) < 4.78 is 1.72. The van der Waals surface area contributed by atoms with Gasteiger partial charge in [0.1, 0.15) is 0 Å². The number of aromatic nitrogens is 4. The summed E-state index contributed by atoms with van der Waals surface area (Å²) in [5.74, 6) is 0.893. The molecule has 0 spiro atoms. The van der Waals surface area contributed by atoms with Crippen LogP contribution in [0.5, 0.6) is 0 Å². The minimum Gasteiger partial charge on any atom is -0.348 e. The van der Waals surface area contributed by atoms with Crippen molar-refractivity contribution in [3.63, 3.8) is 0 Å². The van der Waals surface area contributed by atoms with E-state index in [1.165, 1.54) is 0 Å². The van der Waals surface area contributed by atoms with Crippen LogP contribution in [0.15, 0.2) is 54.7 Å². The first-order valence-electron chi connectivity index (χ1n) is 12.0. The van der Waals surface area contributed by atoms with Crippen molar-refractivity contribution in [2.75, 3.05) is 5.32 Å². The summed E-state index contributed by atoms with van der Waals surface area (Å²) in [4.78, 5) is 34.5. The number of carbonyl (C=O) groups is 2. The predicted molar refractivity (Wildman–Crippen MR) is 135 cm³/mol. The normalized spacial score (nSPS) is 13.1. The number of aryl methyl sites for hydroxylation is 1. The van der Waals surface area contributed by atoms with E-state index in [1.807, 2.05) is 62.4 Å². The Bertz CT molecular complexity index is 1370. The maximum absolute atomic E-state index is 13.4. The molecule has 0 bridgehead atoms. The second kappa shape index (κ2) is 9.66. The number of anilines is 1. The Morgan fingerprint density at radius 2 is 1.91 bits per heavy atom. The third kappa shape index (κ3) is 4.91. The summed E-state index contributed by atoms with van der Waals surface area (Å²) in [5.41, 5.74) is 4.59. The van der Waals surface area contributed by atoms with Crippen LogP contribution in [0.2, 0.25) is 0 Å². The van der Waals surface area contributed by atoms with Crippen LogP contribution in [-0.4, -0.2) is 31.6 Å². The van der Waals surface area contributed by atoms with Crippen LogP contribution in [0.25, 0.3) is 16.9 Å². The van der Waals surface area contributed by atoms with Crippen molar-refractivity contribution in [3.05, 3.63) is 77.2 Å². The predicted octanol–water partition coefficient (Wildman–Crippen LogP) is 4.67. The van der Waals surface area contributed by atoms with E-state index >= 15 is 0 Å². The summed E-state index contributed by atoms with van der Waals surface area (Å²) >= 11 is 0. The topological polar surface area (TPSA) is 102 Å². The number of hydrogen-bond donors (Lipinski definition) is 2. The summed E-state index contributed by atoms with van der Waals surface area (Å²) in [5, 5.41) is 11.3. The highest BCUT2D eigenvalue weighted by Crippen LogP contribution is 2.40. The molecule has 1 aliphatic rings. The van der Waals surface area contributed by atoms with Gasteiger partial charge in [0, 0.05) is 36.5 Å². The van der Waals surface area contributed by atoms with E-state index in [9.17, 15) is 9.59 Å². The van der Waals surface area contributed by atoms with Crippen LogP contribution in [0.3, 0.4) is 0 Å². The number of amides is 2. The Morgan fingerprint density at radius 1 is 1.11 bits per heavy atom. The standard InChI is InChI=1S/C27H28N6O2/c1-3-6-24(34)30-20-12-8-18(9-13-20)16-29-27(35)21-15-22(19-10-11-19)31-26-25(21)17(2)32-33(26)23-7-4-5-14-28-23/h4-5,7-9,12-15,19H,3,6,10-11,16H2,1-2H3,(H,29,35)(H,30,34). The SMILES string of the molecule is CCCC(=O)Nc1ccc(CNC(=O)c2cc(C3CC3)nc3c2c(C)nn3-c2ccccn2)cc1. The molecule has 1 saturated carbocycles. The van der Waals surface area contributed by atoms with Crippen LogP contribution < -0.4 is 10.6 Å². The van der Waals surface area contributed by atoms with Gasteiger partial charge < -0.3 is 10.6 Å². The Labute approximate surface area is 203 Å². The van der Waals surface area contributed by atoms with E-state index in [4.69, 9.17) is 4.98 Å². The molecular weight excluding hydrogens is 440 g/mol. The third-order valence-corrected chi connectivity index (χ3v) is 6.11. The molecule has 1 aliphatic carbocycles. The number of pyridine rings is 2. The van der Waals surface area contributed by atoms with Gasteiger partial charge in [-0.2, -0.15) is 9.78 Å². The number of fused-ring (bicyclic) bond motifs is 1. The lowest BCUT2D eigenvalue weighted by Crippen LogP contribution is -2.23. The molecule has 5 rings (SSSR count). The zero-order chi connectivity index (χ0) is 24.4. The number of hydrogen-bond acceptors (Lipinski definition) is 5. The molecular formula is C27H28N6O2. The quantitative estimate of drug-likeness (QED) is 0.391. The lowest BCUT2D eigenvalue weighted by atomic mass is 10.1. The van der Waals surface area contributed by atoms with E-state index in [0.717, 1.165) is 47.3 Å². The van der Waals surface area contributed by atoms with Gasteiger partial charge >= 0.3 is 0 Å². The van der Waals surface area contributed by atoms with Gasteiger partial charge in [0.2, 0.25) is 5.91 Å². The smallest absolute Gasteiger partial charge is 0.252 e. The fourth-order valence-corrected chi connectivity index (χ4v) is 4.15. The highest BCUT2D eigenvalue weighted by Gasteiger charge is 2.29. The highest BCUT2D eigenvalue weighted by atomic mass is 16.2. The zero-order valence-electron chi connectivity index (χ0n) is 19.9. The van der Waals surface area contributed by atoms with Crippen molar-refractivity contribution in [2.24, 2.45) is 0 Å². The molecule has 0 saturated heterocycles. The van der Waals surface area contributed by atoms with Crippen LogP contribution in [0.1, 0.15) is 65.8 Å². The lowest BCUT2D eigenvalue weighted by molar-refractivity contribution is -0.116. The molecule has 1 fully saturated rings.